The van der Waals surface area contributed by atoms with Crippen LogP contribution in [0.2, 0.25) is 0 Å². The van der Waals surface area contributed by atoms with Crippen LogP contribution in [0.25, 0.3) is 0 Å². The smallest absolute Gasteiger partial charge is 0.211 e. The summed E-state index contributed by atoms with van der Waals surface area (Å²) in [5.74, 6) is 1.48. The van der Waals surface area contributed by atoms with Crippen LogP contribution >= 0.6 is 0 Å². The van der Waals surface area contributed by atoms with Gasteiger partial charge in [0.15, 0.2) is 0 Å². The van der Waals surface area contributed by atoms with E-state index in [9.17, 15) is 9.59 Å². The first-order chi connectivity index (χ1) is 9.33. The Kier molecular flexibility index (Phi) is 5.50. The van der Waals surface area contributed by atoms with Crippen LogP contribution < -0.4 is 0 Å². The van der Waals surface area contributed by atoms with Gasteiger partial charge in [0.2, 0.25) is 12.2 Å². The third kappa shape index (κ3) is 4.12. The fourth-order valence-electron chi connectivity index (χ4n) is 3.75. The van der Waals surface area contributed by atoms with Crippen molar-refractivity contribution in [2.45, 2.75) is 69.9 Å². The zero-order valence-electron chi connectivity index (χ0n) is 11.4. The molecule has 0 N–H and O–H groups in total. The summed E-state index contributed by atoms with van der Waals surface area (Å²) < 4.78 is 0. The SMILES string of the molecule is O=C=NC1CCC(CC2CCCCC2)CC1N=C=O. The minimum Gasteiger partial charge on any atom is -0.211 e. The van der Waals surface area contributed by atoms with E-state index in [0.717, 1.165) is 25.2 Å². The molecule has 3 unspecified atom stereocenters. The molecule has 4 heteroatoms. The first-order valence-electron chi connectivity index (χ1n) is 7.47. The Morgan fingerprint density at radius 3 is 2.16 bits per heavy atom. The molecule has 2 aliphatic carbocycles. The summed E-state index contributed by atoms with van der Waals surface area (Å²) >= 11 is 0. The third-order valence-corrected chi connectivity index (χ3v) is 4.72. The van der Waals surface area contributed by atoms with Gasteiger partial charge in [0.1, 0.15) is 0 Å². The van der Waals surface area contributed by atoms with E-state index in [0.29, 0.717) is 5.92 Å². The number of isocyanates is 2. The van der Waals surface area contributed by atoms with Crippen LogP contribution in [0.4, 0.5) is 0 Å². The molecule has 2 aliphatic rings. The predicted octanol–water partition coefficient (Wildman–Crippen LogP) is 3.17. The van der Waals surface area contributed by atoms with Crippen LogP contribution in [0.3, 0.4) is 0 Å². The maximum absolute atomic E-state index is 10.5. The first-order valence-corrected chi connectivity index (χ1v) is 7.47. The molecule has 0 radical (unpaired) electrons. The standard InChI is InChI=1S/C15H22N2O2/c18-10-16-14-7-6-13(9-15(14)17-11-19)8-12-4-2-1-3-5-12/h12-15H,1-9H2. The van der Waals surface area contributed by atoms with E-state index in [2.05, 4.69) is 9.98 Å². The van der Waals surface area contributed by atoms with Crippen LogP contribution in [-0.2, 0) is 9.59 Å². The predicted molar refractivity (Wildman–Crippen MR) is 72.4 cm³/mol. The highest BCUT2D eigenvalue weighted by molar-refractivity contribution is 5.36. The van der Waals surface area contributed by atoms with E-state index < -0.39 is 0 Å². The Bertz CT molecular complexity index is 378. The molecule has 0 spiro atoms. The minimum absolute atomic E-state index is 0.151. The molecule has 0 aliphatic heterocycles. The van der Waals surface area contributed by atoms with Crippen molar-refractivity contribution in [3.8, 4) is 0 Å². The molecular formula is C15H22N2O2. The molecule has 0 aromatic heterocycles. The summed E-state index contributed by atoms with van der Waals surface area (Å²) in [6.07, 6.45) is 14.1. The van der Waals surface area contributed by atoms with Crippen LogP contribution in [-0.4, -0.2) is 24.2 Å². The van der Waals surface area contributed by atoms with Gasteiger partial charge in [-0.1, -0.05) is 32.1 Å². The van der Waals surface area contributed by atoms with E-state index in [1.807, 2.05) is 0 Å². The second-order valence-corrected chi connectivity index (χ2v) is 5.99. The molecule has 19 heavy (non-hydrogen) atoms. The summed E-state index contributed by atoms with van der Waals surface area (Å²) in [6, 6.07) is -0.303. The average Bonchev–Trinajstić information content (AvgIpc) is 2.43. The number of aliphatic imine (C=N–C) groups is 2. The molecule has 0 amide bonds. The van der Waals surface area contributed by atoms with Crippen molar-refractivity contribution in [1.29, 1.82) is 0 Å². The fraction of sp³-hybridized carbons (Fsp3) is 0.867. The molecule has 0 aromatic rings. The summed E-state index contributed by atoms with van der Waals surface area (Å²) in [5, 5.41) is 0. The molecule has 0 bridgehead atoms. The van der Waals surface area contributed by atoms with Gasteiger partial charge in [0, 0.05) is 0 Å². The zero-order chi connectivity index (χ0) is 13.5. The molecule has 104 valence electrons. The first kappa shape index (κ1) is 14.2. The van der Waals surface area contributed by atoms with E-state index in [1.165, 1.54) is 38.5 Å². The monoisotopic (exact) mass is 262 g/mol. The minimum atomic E-state index is -0.152. The molecular weight excluding hydrogens is 240 g/mol. The molecule has 3 atom stereocenters. The molecule has 0 aromatic carbocycles. The molecule has 2 saturated carbocycles. The lowest BCUT2D eigenvalue weighted by Gasteiger charge is -2.33. The Labute approximate surface area is 114 Å². The Morgan fingerprint density at radius 1 is 0.789 bits per heavy atom. The quantitative estimate of drug-likeness (QED) is 0.577. The second kappa shape index (κ2) is 7.37. The number of hydrogen-bond donors (Lipinski definition) is 0. The molecule has 0 heterocycles. The highest BCUT2D eigenvalue weighted by Crippen LogP contribution is 2.36. The van der Waals surface area contributed by atoms with E-state index in [1.54, 1.807) is 12.2 Å². The van der Waals surface area contributed by atoms with Gasteiger partial charge in [-0.05, 0) is 37.5 Å². The summed E-state index contributed by atoms with van der Waals surface area (Å²) in [4.78, 5) is 28.5. The molecule has 2 fully saturated rings. The van der Waals surface area contributed by atoms with Gasteiger partial charge in [-0.3, -0.25) is 0 Å². The normalized spacial score (nSPS) is 32.1. The topological polar surface area (TPSA) is 58.9 Å². The van der Waals surface area contributed by atoms with Crippen LogP contribution in [0.1, 0.15) is 57.8 Å². The maximum Gasteiger partial charge on any atom is 0.235 e. The average molecular weight is 262 g/mol. The van der Waals surface area contributed by atoms with Crippen LogP contribution in [0, 0.1) is 11.8 Å². The van der Waals surface area contributed by atoms with Crippen molar-refractivity contribution in [2.24, 2.45) is 21.8 Å². The van der Waals surface area contributed by atoms with Gasteiger partial charge in [-0.2, -0.15) is 0 Å². The lowest BCUT2D eigenvalue weighted by atomic mass is 9.75. The van der Waals surface area contributed by atoms with Crippen molar-refractivity contribution < 1.29 is 9.59 Å². The number of carbonyl (C=O) groups excluding carboxylic acids is 2. The number of hydrogen-bond acceptors (Lipinski definition) is 4. The molecule has 4 nitrogen and oxygen atoms in total. The van der Waals surface area contributed by atoms with Crippen LogP contribution in [0.5, 0.6) is 0 Å². The second-order valence-electron chi connectivity index (χ2n) is 5.99. The lowest BCUT2D eigenvalue weighted by Crippen LogP contribution is -2.32. The van der Waals surface area contributed by atoms with Gasteiger partial charge in [0.05, 0.1) is 12.1 Å². The van der Waals surface area contributed by atoms with Gasteiger partial charge in [-0.25, -0.2) is 19.6 Å². The fourth-order valence-corrected chi connectivity index (χ4v) is 3.75. The molecule has 2 rings (SSSR count). The van der Waals surface area contributed by atoms with Gasteiger partial charge in [-0.15, -0.1) is 0 Å². The Morgan fingerprint density at radius 2 is 1.47 bits per heavy atom. The van der Waals surface area contributed by atoms with Gasteiger partial charge >= 0.3 is 0 Å². The lowest BCUT2D eigenvalue weighted by molar-refractivity contribution is 0.219. The Hall–Kier alpha value is -1.24. The van der Waals surface area contributed by atoms with E-state index in [4.69, 9.17) is 0 Å². The van der Waals surface area contributed by atoms with Crippen molar-refractivity contribution in [3.63, 3.8) is 0 Å². The molecule has 0 saturated heterocycles. The number of rotatable bonds is 4. The summed E-state index contributed by atoms with van der Waals surface area (Å²) in [6.45, 7) is 0. The van der Waals surface area contributed by atoms with Crippen molar-refractivity contribution >= 4 is 12.2 Å². The maximum atomic E-state index is 10.5. The van der Waals surface area contributed by atoms with E-state index in [-0.39, 0.29) is 12.1 Å². The summed E-state index contributed by atoms with van der Waals surface area (Å²) in [7, 11) is 0. The summed E-state index contributed by atoms with van der Waals surface area (Å²) in [5.41, 5.74) is 0. The number of nitrogens with zero attached hydrogens (tertiary/aromatic N) is 2. The van der Waals surface area contributed by atoms with Crippen molar-refractivity contribution in [1.82, 2.24) is 0 Å². The third-order valence-electron chi connectivity index (χ3n) is 4.72. The van der Waals surface area contributed by atoms with Crippen molar-refractivity contribution in [2.75, 3.05) is 0 Å². The van der Waals surface area contributed by atoms with Crippen LogP contribution in [0.15, 0.2) is 9.98 Å². The highest BCUT2D eigenvalue weighted by atomic mass is 16.1. The van der Waals surface area contributed by atoms with Crippen molar-refractivity contribution in [3.05, 3.63) is 0 Å². The largest absolute Gasteiger partial charge is 0.235 e. The highest BCUT2D eigenvalue weighted by Gasteiger charge is 2.31. The zero-order valence-corrected chi connectivity index (χ0v) is 11.4. The van der Waals surface area contributed by atoms with Gasteiger partial charge < -0.3 is 0 Å². The van der Waals surface area contributed by atoms with E-state index >= 15 is 0 Å². The Balaban J connectivity index is 1.90. The van der Waals surface area contributed by atoms with Gasteiger partial charge in [0.25, 0.3) is 0 Å².